The predicted molar refractivity (Wildman–Crippen MR) is 96.8 cm³/mol. The Morgan fingerprint density at radius 1 is 1.08 bits per heavy atom. The number of thiophene rings is 1. The summed E-state index contributed by atoms with van der Waals surface area (Å²) in [5.74, 6) is -0.519. The van der Waals surface area contributed by atoms with E-state index >= 15 is 0 Å². The second kappa shape index (κ2) is 7.94. The van der Waals surface area contributed by atoms with Crippen LogP contribution in [-0.2, 0) is 4.79 Å². The summed E-state index contributed by atoms with van der Waals surface area (Å²) in [6.45, 7) is 0.254. The van der Waals surface area contributed by atoms with Gasteiger partial charge in [-0.1, -0.05) is 12.1 Å². The van der Waals surface area contributed by atoms with Crippen LogP contribution in [-0.4, -0.2) is 30.3 Å². The summed E-state index contributed by atoms with van der Waals surface area (Å²) in [7, 11) is 0. The smallest absolute Gasteiger partial charge is 0.261 e. The van der Waals surface area contributed by atoms with Crippen LogP contribution in [0.1, 0.15) is 39.3 Å². The maximum atomic E-state index is 12.0. The second-order valence-corrected chi connectivity index (χ2v) is 6.81. The first-order valence-corrected chi connectivity index (χ1v) is 9.02. The van der Waals surface area contributed by atoms with Crippen LogP contribution in [0.3, 0.4) is 0 Å². The quantitative estimate of drug-likeness (QED) is 0.711. The molecule has 0 unspecified atom stereocenters. The minimum atomic E-state index is -0.216. The number of carbonyl (C=O) groups excluding carboxylic acids is 3. The third-order valence-corrected chi connectivity index (χ3v) is 4.57. The van der Waals surface area contributed by atoms with Gasteiger partial charge in [0.2, 0.25) is 5.91 Å². The third-order valence-electron chi connectivity index (χ3n) is 3.70. The van der Waals surface area contributed by atoms with E-state index < -0.39 is 0 Å². The van der Waals surface area contributed by atoms with Crippen molar-refractivity contribution >= 4 is 34.7 Å². The van der Waals surface area contributed by atoms with Gasteiger partial charge in [-0.05, 0) is 42.5 Å². The molecule has 0 spiro atoms. The topological polar surface area (TPSA) is 87.3 Å². The largest absolute Gasteiger partial charge is 0.351 e. The lowest BCUT2D eigenvalue weighted by molar-refractivity contribution is -0.116. The molecule has 130 valence electrons. The fraction of sp³-hybridized carbons (Fsp3) is 0.278. The van der Waals surface area contributed by atoms with Crippen molar-refractivity contribution < 1.29 is 14.4 Å². The lowest BCUT2D eigenvalue weighted by Gasteiger charge is -2.08. The molecule has 7 heteroatoms. The number of rotatable bonds is 7. The van der Waals surface area contributed by atoms with E-state index in [0.717, 1.165) is 12.8 Å². The summed E-state index contributed by atoms with van der Waals surface area (Å²) in [5.41, 5.74) is 1.09. The van der Waals surface area contributed by atoms with Crippen molar-refractivity contribution in [2.45, 2.75) is 25.3 Å². The number of hydrogen-bond acceptors (Lipinski definition) is 4. The fourth-order valence-corrected chi connectivity index (χ4v) is 2.88. The van der Waals surface area contributed by atoms with Crippen molar-refractivity contribution in [3.05, 3.63) is 52.2 Å². The molecule has 0 atom stereocenters. The fourth-order valence-electron chi connectivity index (χ4n) is 2.24. The van der Waals surface area contributed by atoms with E-state index in [-0.39, 0.29) is 36.7 Å². The molecule has 3 rings (SSSR count). The average Bonchev–Trinajstić information content (AvgIpc) is 3.24. The van der Waals surface area contributed by atoms with Gasteiger partial charge in [0, 0.05) is 30.3 Å². The van der Waals surface area contributed by atoms with Crippen LogP contribution in [0, 0.1) is 0 Å². The van der Waals surface area contributed by atoms with E-state index in [1.807, 2.05) is 5.38 Å². The maximum absolute atomic E-state index is 12.0. The summed E-state index contributed by atoms with van der Waals surface area (Å²) in [6, 6.07) is 10.7. The molecule has 1 aliphatic carbocycles. The van der Waals surface area contributed by atoms with Gasteiger partial charge in [0.25, 0.3) is 11.8 Å². The van der Waals surface area contributed by atoms with Gasteiger partial charge in [-0.2, -0.15) is 0 Å². The van der Waals surface area contributed by atoms with Crippen LogP contribution in [0.4, 0.5) is 5.69 Å². The van der Waals surface area contributed by atoms with E-state index in [1.165, 1.54) is 11.3 Å². The highest BCUT2D eigenvalue weighted by atomic mass is 32.1. The molecule has 3 amide bonds. The molecule has 0 aliphatic heterocycles. The Labute approximate surface area is 149 Å². The summed E-state index contributed by atoms with van der Waals surface area (Å²) in [6.07, 6.45) is 2.22. The Hall–Kier alpha value is -2.67. The molecule has 1 aromatic heterocycles. The van der Waals surface area contributed by atoms with Gasteiger partial charge in [-0.25, -0.2) is 0 Å². The first-order valence-electron chi connectivity index (χ1n) is 8.14. The molecule has 0 radical (unpaired) electrons. The minimum Gasteiger partial charge on any atom is -0.351 e. The molecule has 25 heavy (non-hydrogen) atoms. The van der Waals surface area contributed by atoms with Gasteiger partial charge < -0.3 is 16.0 Å². The number of nitrogens with one attached hydrogen (secondary N) is 3. The zero-order valence-corrected chi connectivity index (χ0v) is 14.4. The molecule has 2 aromatic rings. The molecule has 0 saturated heterocycles. The van der Waals surface area contributed by atoms with Crippen molar-refractivity contribution in [3.8, 4) is 0 Å². The van der Waals surface area contributed by atoms with E-state index in [1.54, 1.807) is 36.4 Å². The molecule has 1 aromatic carbocycles. The number of anilines is 1. The molecule has 1 aliphatic rings. The number of carbonyl (C=O) groups is 3. The van der Waals surface area contributed by atoms with Crippen LogP contribution in [0.25, 0.3) is 0 Å². The monoisotopic (exact) mass is 357 g/mol. The Balaban J connectivity index is 1.45. The van der Waals surface area contributed by atoms with E-state index in [9.17, 15) is 14.4 Å². The van der Waals surface area contributed by atoms with Crippen molar-refractivity contribution in [2.24, 2.45) is 0 Å². The molecule has 1 fully saturated rings. The molecule has 3 N–H and O–H groups in total. The van der Waals surface area contributed by atoms with Crippen LogP contribution in [0.2, 0.25) is 0 Å². The zero-order chi connectivity index (χ0) is 17.6. The van der Waals surface area contributed by atoms with Crippen LogP contribution in [0.15, 0.2) is 41.8 Å². The van der Waals surface area contributed by atoms with Gasteiger partial charge in [0.15, 0.2) is 0 Å². The third kappa shape index (κ3) is 5.15. The summed E-state index contributed by atoms with van der Waals surface area (Å²) < 4.78 is 0. The van der Waals surface area contributed by atoms with Crippen molar-refractivity contribution in [1.82, 2.24) is 10.6 Å². The van der Waals surface area contributed by atoms with Crippen LogP contribution in [0.5, 0.6) is 0 Å². The van der Waals surface area contributed by atoms with Gasteiger partial charge in [-0.15, -0.1) is 11.3 Å². The molecule has 1 heterocycles. The summed E-state index contributed by atoms with van der Waals surface area (Å²) in [5, 5.41) is 10.2. The Morgan fingerprint density at radius 2 is 1.92 bits per heavy atom. The maximum Gasteiger partial charge on any atom is 0.261 e. The lowest BCUT2D eigenvalue weighted by atomic mass is 10.2. The SMILES string of the molecule is O=C(CCNC(=O)c1cccs1)Nc1cccc(C(=O)NC2CC2)c1. The Bertz CT molecular complexity index is 770. The number of amides is 3. The van der Waals surface area contributed by atoms with Crippen LogP contribution < -0.4 is 16.0 Å². The van der Waals surface area contributed by atoms with E-state index in [0.29, 0.717) is 16.1 Å². The van der Waals surface area contributed by atoms with Crippen LogP contribution >= 0.6 is 11.3 Å². The Kier molecular flexibility index (Phi) is 5.45. The second-order valence-electron chi connectivity index (χ2n) is 5.86. The molecule has 1 saturated carbocycles. The summed E-state index contributed by atoms with van der Waals surface area (Å²) in [4.78, 5) is 36.4. The number of benzene rings is 1. The highest BCUT2D eigenvalue weighted by molar-refractivity contribution is 7.12. The standard InChI is InChI=1S/C18H19N3O3S/c22-16(8-9-19-18(24)15-5-2-10-25-15)20-14-4-1-3-12(11-14)17(23)21-13-6-7-13/h1-5,10-11,13H,6-9H2,(H,19,24)(H,20,22)(H,21,23). The lowest BCUT2D eigenvalue weighted by Crippen LogP contribution is -2.27. The van der Waals surface area contributed by atoms with Gasteiger partial charge in [0.1, 0.15) is 0 Å². The van der Waals surface area contributed by atoms with Gasteiger partial charge in [-0.3, -0.25) is 14.4 Å². The van der Waals surface area contributed by atoms with Gasteiger partial charge in [0.05, 0.1) is 4.88 Å². The van der Waals surface area contributed by atoms with E-state index in [4.69, 9.17) is 0 Å². The minimum absolute atomic E-state index is 0.123. The Morgan fingerprint density at radius 3 is 2.64 bits per heavy atom. The highest BCUT2D eigenvalue weighted by Gasteiger charge is 2.23. The first-order chi connectivity index (χ1) is 12.1. The van der Waals surface area contributed by atoms with E-state index in [2.05, 4.69) is 16.0 Å². The first kappa shape index (κ1) is 17.2. The number of hydrogen-bond donors (Lipinski definition) is 3. The van der Waals surface area contributed by atoms with Crippen molar-refractivity contribution in [1.29, 1.82) is 0 Å². The molecular formula is C18H19N3O3S. The molecule has 6 nitrogen and oxygen atoms in total. The average molecular weight is 357 g/mol. The van der Waals surface area contributed by atoms with Gasteiger partial charge >= 0.3 is 0 Å². The highest BCUT2D eigenvalue weighted by Crippen LogP contribution is 2.20. The zero-order valence-electron chi connectivity index (χ0n) is 13.6. The van der Waals surface area contributed by atoms with Crippen molar-refractivity contribution in [2.75, 3.05) is 11.9 Å². The predicted octanol–water partition coefficient (Wildman–Crippen LogP) is 2.40. The van der Waals surface area contributed by atoms with Crippen molar-refractivity contribution in [3.63, 3.8) is 0 Å². The molecular weight excluding hydrogens is 338 g/mol. The molecule has 0 bridgehead atoms. The summed E-state index contributed by atoms with van der Waals surface area (Å²) >= 11 is 1.35. The normalized spacial score (nSPS) is 13.1.